The molecule has 0 aliphatic heterocycles. The van der Waals surface area contributed by atoms with E-state index in [1.807, 2.05) is 46.8 Å². The van der Waals surface area contributed by atoms with E-state index >= 15 is 0 Å². The molecule has 2 atom stereocenters. The normalized spacial score (nSPS) is 13.6. The summed E-state index contributed by atoms with van der Waals surface area (Å²) in [6.45, 7) is 10.8. The quantitative estimate of drug-likeness (QED) is 0.509. The maximum absolute atomic E-state index is 14.4. The van der Waals surface area contributed by atoms with Gasteiger partial charge in [-0.3, -0.25) is 13.9 Å². The first-order valence-corrected chi connectivity index (χ1v) is 13.9. The number of anilines is 1. The molecule has 0 radical (unpaired) electrons. The van der Waals surface area contributed by atoms with E-state index in [9.17, 15) is 22.4 Å². The van der Waals surface area contributed by atoms with Crippen molar-refractivity contribution in [3.05, 3.63) is 65.5 Å². The molecule has 0 aliphatic carbocycles. The van der Waals surface area contributed by atoms with Gasteiger partial charge in [-0.25, -0.2) is 12.8 Å². The van der Waals surface area contributed by atoms with Crippen LogP contribution in [0.3, 0.4) is 0 Å². The monoisotopic (exact) mass is 519 g/mol. The first-order valence-electron chi connectivity index (χ1n) is 12.1. The highest BCUT2D eigenvalue weighted by Gasteiger charge is 2.31. The van der Waals surface area contributed by atoms with E-state index < -0.39 is 40.2 Å². The number of carbonyl (C=O) groups excluding carboxylic acids is 2. The highest BCUT2D eigenvalue weighted by molar-refractivity contribution is 7.92. The Kier molecular flexibility index (Phi) is 9.65. The van der Waals surface area contributed by atoms with Gasteiger partial charge in [-0.05, 0) is 49.4 Å². The molecule has 2 amide bonds. The van der Waals surface area contributed by atoms with Crippen molar-refractivity contribution in [1.82, 2.24) is 10.2 Å². The third kappa shape index (κ3) is 7.78. The zero-order valence-electron chi connectivity index (χ0n) is 22.2. The second kappa shape index (κ2) is 11.9. The molecular formula is C27H38FN3O4S. The second-order valence-corrected chi connectivity index (χ2v) is 12.1. The fourth-order valence-electron chi connectivity index (χ4n) is 3.60. The summed E-state index contributed by atoms with van der Waals surface area (Å²) in [6, 6.07) is 11.9. The predicted octanol–water partition coefficient (Wildman–Crippen LogP) is 4.22. The number of sulfonamides is 1. The van der Waals surface area contributed by atoms with Crippen LogP contribution >= 0.6 is 0 Å². The fourth-order valence-corrected chi connectivity index (χ4v) is 4.45. The number of hydrogen-bond donors (Lipinski definition) is 1. The minimum absolute atomic E-state index is 0.112. The van der Waals surface area contributed by atoms with Crippen molar-refractivity contribution in [2.45, 2.75) is 72.0 Å². The third-order valence-electron chi connectivity index (χ3n) is 6.17. The maximum atomic E-state index is 14.4. The highest BCUT2D eigenvalue weighted by atomic mass is 32.2. The summed E-state index contributed by atoms with van der Waals surface area (Å²) in [6.07, 6.45) is 1.73. The Morgan fingerprint density at radius 1 is 1.03 bits per heavy atom. The van der Waals surface area contributed by atoms with Crippen molar-refractivity contribution >= 4 is 27.5 Å². The predicted molar refractivity (Wildman–Crippen MR) is 142 cm³/mol. The standard InChI is InChI=1S/C27H38FN3O4S/c1-8-19(2)29-26(33)20(3)30(17-21-11-9-10-12-24(21)28)25(32)18-31(36(7,34)35)23-15-13-22(14-16-23)27(4,5)6/h9-16,19-20H,8,17-18H2,1-7H3,(H,29,33). The number of nitrogens with zero attached hydrogens (tertiary/aromatic N) is 2. The van der Waals surface area contributed by atoms with Gasteiger partial charge in [0.1, 0.15) is 18.4 Å². The Morgan fingerprint density at radius 2 is 1.61 bits per heavy atom. The SMILES string of the molecule is CCC(C)NC(=O)C(C)N(Cc1ccccc1F)C(=O)CN(c1ccc(C(C)(C)C)cc1)S(C)(=O)=O. The summed E-state index contributed by atoms with van der Waals surface area (Å²) in [5.41, 5.74) is 1.46. The molecule has 7 nitrogen and oxygen atoms in total. The number of benzene rings is 2. The van der Waals surface area contributed by atoms with Gasteiger partial charge in [-0.2, -0.15) is 0 Å². The summed E-state index contributed by atoms with van der Waals surface area (Å²) >= 11 is 0. The van der Waals surface area contributed by atoms with Crippen LogP contribution in [0.4, 0.5) is 10.1 Å². The van der Waals surface area contributed by atoms with Crippen LogP contribution in [0.2, 0.25) is 0 Å². The Bertz CT molecular complexity index is 1160. The number of halogens is 1. The van der Waals surface area contributed by atoms with Crippen LogP contribution in [0.15, 0.2) is 48.5 Å². The van der Waals surface area contributed by atoms with Gasteiger partial charge in [0, 0.05) is 18.2 Å². The minimum atomic E-state index is -3.83. The molecular weight excluding hydrogens is 481 g/mol. The third-order valence-corrected chi connectivity index (χ3v) is 7.31. The Balaban J connectivity index is 2.41. The lowest BCUT2D eigenvalue weighted by molar-refractivity contribution is -0.139. The van der Waals surface area contributed by atoms with Gasteiger partial charge in [0.25, 0.3) is 0 Å². The largest absolute Gasteiger partial charge is 0.352 e. The average Bonchev–Trinajstić information content (AvgIpc) is 2.80. The van der Waals surface area contributed by atoms with E-state index in [0.29, 0.717) is 12.1 Å². The van der Waals surface area contributed by atoms with Crippen molar-refractivity contribution in [2.24, 2.45) is 0 Å². The molecule has 0 heterocycles. The van der Waals surface area contributed by atoms with Crippen LogP contribution in [-0.4, -0.2) is 50.0 Å². The lowest BCUT2D eigenvalue weighted by atomic mass is 9.87. The van der Waals surface area contributed by atoms with Crippen molar-refractivity contribution in [1.29, 1.82) is 0 Å². The van der Waals surface area contributed by atoms with E-state index in [2.05, 4.69) is 5.32 Å². The molecule has 9 heteroatoms. The first kappa shape index (κ1) is 29.3. The molecule has 0 aromatic heterocycles. The van der Waals surface area contributed by atoms with Gasteiger partial charge in [0.2, 0.25) is 21.8 Å². The lowest BCUT2D eigenvalue weighted by Gasteiger charge is -2.32. The second-order valence-electron chi connectivity index (χ2n) is 10.2. The molecule has 36 heavy (non-hydrogen) atoms. The van der Waals surface area contributed by atoms with Crippen molar-refractivity contribution in [3.63, 3.8) is 0 Å². The van der Waals surface area contributed by atoms with Crippen LogP contribution in [0, 0.1) is 5.82 Å². The zero-order valence-corrected chi connectivity index (χ0v) is 23.0. The molecule has 2 aromatic rings. The van der Waals surface area contributed by atoms with Gasteiger partial charge in [-0.1, -0.05) is 58.0 Å². The molecule has 0 spiro atoms. The van der Waals surface area contributed by atoms with Crippen molar-refractivity contribution < 1.29 is 22.4 Å². The number of carbonyl (C=O) groups is 2. The highest BCUT2D eigenvalue weighted by Crippen LogP contribution is 2.26. The fraction of sp³-hybridized carbons (Fsp3) is 0.481. The summed E-state index contributed by atoms with van der Waals surface area (Å²) in [4.78, 5) is 27.6. The Hall–Kier alpha value is -2.94. The number of amides is 2. The molecule has 0 saturated heterocycles. The summed E-state index contributed by atoms with van der Waals surface area (Å²) in [7, 11) is -3.83. The molecule has 2 rings (SSSR count). The van der Waals surface area contributed by atoms with Crippen LogP contribution in [0.1, 0.15) is 59.1 Å². The van der Waals surface area contributed by atoms with Crippen LogP contribution < -0.4 is 9.62 Å². The van der Waals surface area contributed by atoms with Crippen LogP contribution in [-0.2, 0) is 31.6 Å². The van der Waals surface area contributed by atoms with Gasteiger partial charge < -0.3 is 10.2 Å². The summed E-state index contributed by atoms with van der Waals surface area (Å²) in [5.74, 6) is -1.52. The number of nitrogens with one attached hydrogen (secondary N) is 1. The molecule has 0 aliphatic rings. The molecule has 0 fully saturated rings. The molecule has 2 unspecified atom stereocenters. The van der Waals surface area contributed by atoms with Crippen molar-refractivity contribution in [3.8, 4) is 0 Å². The smallest absolute Gasteiger partial charge is 0.244 e. The summed E-state index contributed by atoms with van der Waals surface area (Å²) in [5, 5.41) is 2.84. The Labute approximate surface area is 214 Å². The summed E-state index contributed by atoms with van der Waals surface area (Å²) < 4.78 is 40.8. The Morgan fingerprint density at radius 3 is 2.11 bits per heavy atom. The molecule has 0 bridgehead atoms. The number of rotatable bonds is 10. The average molecular weight is 520 g/mol. The molecule has 1 N–H and O–H groups in total. The van der Waals surface area contributed by atoms with E-state index in [1.165, 1.54) is 23.1 Å². The number of hydrogen-bond acceptors (Lipinski definition) is 4. The molecule has 2 aromatic carbocycles. The molecule has 0 saturated carbocycles. The first-order chi connectivity index (χ1) is 16.6. The van der Waals surface area contributed by atoms with Crippen molar-refractivity contribution in [2.75, 3.05) is 17.1 Å². The van der Waals surface area contributed by atoms with E-state index in [1.54, 1.807) is 25.1 Å². The minimum Gasteiger partial charge on any atom is -0.352 e. The maximum Gasteiger partial charge on any atom is 0.244 e. The topological polar surface area (TPSA) is 86.8 Å². The lowest BCUT2D eigenvalue weighted by Crippen LogP contribution is -2.52. The van der Waals surface area contributed by atoms with E-state index in [4.69, 9.17) is 0 Å². The van der Waals surface area contributed by atoms with Crippen LogP contribution in [0.5, 0.6) is 0 Å². The molecule has 198 valence electrons. The zero-order chi connectivity index (χ0) is 27.3. The van der Waals surface area contributed by atoms with Gasteiger partial charge in [-0.15, -0.1) is 0 Å². The van der Waals surface area contributed by atoms with Gasteiger partial charge in [0.05, 0.1) is 11.9 Å². The van der Waals surface area contributed by atoms with E-state index in [-0.39, 0.29) is 23.6 Å². The van der Waals surface area contributed by atoms with Crippen LogP contribution in [0.25, 0.3) is 0 Å². The van der Waals surface area contributed by atoms with Gasteiger partial charge >= 0.3 is 0 Å². The van der Waals surface area contributed by atoms with Gasteiger partial charge in [0.15, 0.2) is 0 Å². The van der Waals surface area contributed by atoms with E-state index in [0.717, 1.165) is 16.1 Å².